The molecule has 27 heavy (non-hydrogen) atoms. The predicted octanol–water partition coefficient (Wildman–Crippen LogP) is 1.63. The van der Waals surface area contributed by atoms with Gasteiger partial charge in [-0.3, -0.25) is 9.59 Å². The van der Waals surface area contributed by atoms with Gasteiger partial charge in [-0.1, -0.05) is 6.07 Å². The third-order valence-electron chi connectivity index (χ3n) is 5.36. The fourth-order valence-corrected chi connectivity index (χ4v) is 3.90. The maximum absolute atomic E-state index is 13.1. The van der Waals surface area contributed by atoms with Gasteiger partial charge in [0.25, 0.3) is 5.91 Å². The fraction of sp³-hybridized carbons (Fsp3) is 0.474. The quantitative estimate of drug-likeness (QED) is 0.821. The molecule has 2 aromatic rings. The molecule has 1 fully saturated rings. The molecule has 2 aliphatic rings. The van der Waals surface area contributed by atoms with Gasteiger partial charge in [-0.2, -0.15) is 0 Å². The number of nitrogens with zero attached hydrogens (tertiary/aromatic N) is 5. The molecule has 0 N–H and O–H groups in total. The van der Waals surface area contributed by atoms with Crippen LogP contribution in [0.15, 0.2) is 24.3 Å². The van der Waals surface area contributed by atoms with E-state index in [9.17, 15) is 9.59 Å². The summed E-state index contributed by atoms with van der Waals surface area (Å²) in [5.74, 6) is 2.30. The summed E-state index contributed by atoms with van der Waals surface area (Å²) in [5.41, 5.74) is 0.613. The molecule has 0 radical (unpaired) electrons. The van der Waals surface area contributed by atoms with Crippen LogP contribution < -0.4 is 4.74 Å². The zero-order valence-electron chi connectivity index (χ0n) is 15.6. The van der Waals surface area contributed by atoms with Crippen molar-refractivity contribution in [2.45, 2.75) is 38.9 Å². The molecule has 2 amide bonds. The third kappa shape index (κ3) is 3.15. The monoisotopic (exact) mass is 369 g/mol. The van der Waals surface area contributed by atoms with Gasteiger partial charge in [0, 0.05) is 32.1 Å². The number of carbonyl (C=O) groups excluding carboxylic acids is 2. The molecule has 8 nitrogen and oxygen atoms in total. The Morgan fingerprint density at radius 2 is 2.04 bits per heavy atom. The van der Waals surface area contributed by atoms with E-state index in [-0.39, 0.29) is 17.9 Å². The highest BCUT2D eigenvalue weighted by Crippen LogP contribution is 2.33. The summed E-state index contributed by atoms with van der Waals surface area (Å²) in [4.78, 5) is 28.4. The Bertz CT molecular complexity index is 878. The van der Waals surface area contributed by atoms with Crippen molar-refractivity contribution >= 4 is 11.8 Å². The Hall–Kier alpha value is -2.90. The number of carbonyl (C=O) groups is 2. The van der Waals surface area contributed by atoms with Crippen molar-refractivity contribution in [3.05, 3.63) is 41.5 Å². The molecule has 0 bridgehead atoms. The maximum atomic E-state index is 13.1. The summed E-state index contributed by atoms with van der Waals surface area (Å²) < 4.78 is 7.31. The molecule has 1 atom stereocenters. The molecule has 0 saturated carbocycles. The number of aromatic nitrogens is 3. The Balaban J connectivity index is 1.59. The van der Waals surface area contributed by atoms with E-state index >= 15 is 0 Å². The minimum atomic E-state index is -0.0890. The molecule has 0 unspecified atom stereocenters. The second-order valence-corrected chi connectivity index (χ2v) is 6.96. The van der Waals surface area contributed by atoms with E-state index in [4.69, 9.17) is 4.74 Å². The smallest absolute Gasteiger partial charge is 0.254 e. The predicted molar refractivity (Wildman–Crippen MR) is 97.1 cm³/mol. The molecule has 4 rings (SSSR count). The van der Waals surface area contributed by atoms with Crippen molar-refractivity contribution in [2.75, 3.05) is 20.2 Å². The molecule has 1 aromatic carbocycles. The average molecular weight is 369 g/mol. The molecule has 0 spiro atoms. The number of fused-ring (bicyclic) bond motifs is 1. The summed E-state index contributed by atoms with van der Waals surface area (Å²) in [5, 5.41) is 8.68. The first kappa shape index (κ1) is 17.5. The Morgan fingerprint density at radius 3 is 2.81 bits per heavy atom. The number of amides is 2. The van der Waals surface area contributed by atoms with Crippen molar-refractivity contribution in [3.63, 3.8) is 0 Å². The van der Waals surface area contributed by atoms with Crippen LogP contribution in [0, 0.1) is 0 Å². The van der Waals surface area contributed by atoms with Crippen LogP contribution in [-0.2, 0) is 17.9 Å². The highest BCUT2D eigenvalue weighted by molar-refractivity contribution is 5.95. The minimum Gasteiger partial charge on any atom is -0.497 e. The van der Waals surface area contributed by atoms with Crippen LogP contribution in [0.5, 0.6) is 5.75 Å². The lowest BCUT2D eigenvalue weighted by Crippen LogP contribution is -2.38. The highest BCUT2D eigenvalue weighted by atomic mass is 16.5. The van der Waals surface area contributed by atoms with E-state index in [0.29, 0.717) is 37.5 Å². The van der Waals surface area contributed by atoms with E-state index in [2.05, 4.69) is 14.8 Å². The molecule has 0 aliphatic carbocycles. The zero-order chi connectivity index (χ0) is 19.0. The average Bonchev–Trinajstić information content (AvgIpc) is 3.33. The van der Waals surface area contributed by atoms with Gasteiger partial charge >= 0.3 is 0 Å². The lowest BCUT2D eigenvalue weighted by atomic mass is 10.1. The Morgan fingerprint density at radius 1 is 1.19 bits per heavy atom. The van der Waals surface area contributed by atoms with Gasteiger partial charge < -0.3 is 19.1 Å². The molecular formula is C19H23N5O3. The van der Waals surface area contributed by atoms with Gasteiger partial charge in [0.15, 0.2) is 11.6 Å². The lowest BCUT2D eigenvalue weighted by molar-refractivity contribution is -0.130. The van der Waals surface area contributed by atoms with Crippen LogP contribution in [0.25, 0.3) is 0 Å². The van der Waals surface area contributed by atoms with E-state index in [0.717, 1.165) is 24.5 Å². The Kier molecular flexibility index (Phi) is 4.55. The second kappa shape index (κ2) is 7.02. The van der Waals surface area contributed by atoms with Crippen LogP contribution in [-0.4, -0.2) is 56.6 Å². The molecule has 1 aromatic heterocycles. The summed E-state index contributed by atoms with van der Waals surface area (Å²) in [6.07, 6.45) is 1.80. The highest BCUT2D eigenvalue weighted by Gasteiger charge is 2.36. The summed E-state index contributed by atoms with van der Waals surface area (Å²) >= 11 is 0. The summed E-state index contributed by atoms with van der Waals surface area (Å²) in [6, 6.07) is 7.14. The molecular weight excluding hydrogens is 346 g/mol. The van der Waals surface area contributed by atoms with E-state index < -0.39 is 0 Å². The van der Waals surface area contributed by atoms with Gasteiger partial charge in [0.05, 0.1) is 19.7 Å². The molecule has 3 heterocycles. The maximum Gasteiger partial charge on any atom is 0.254 e. The van der Waals surface area contributed by atoms with Gasteiger partial charge in [0.1, 0.15) is 5.75 Å². The van der Waals surface area contributed by atoms with Crippen LogP contribution in [0.1, 0.15) is 47.8 Å². The number of likely N-dealkylation sites (tertiary alicyclic amines) is 1. The molecule has 8 heteroatoms. The molecule has 1 saturated heterocycles. The SMILES string of the molecule is COc1cccc(C(=O)N2CCC[C@H]2c2nnc3n2CCN(C(C)=O)C3)c1. The van der Waals surface area contributed by atoms with Gasteiger partial charge in [-0.25, -0.2) is 0 Å². The van der Waals surface area contributed by atoms with Crippen molar-refractivity contribution in [3.8, 4) is 5.75 Å². The van der Waals surface area contributed by atoms with Crippen LogP contribution in [0.2, 0.25) is 0 Å². The van der Waals surface area contributed by atoms with Crippen molar-refractivity contribution < 1.29 is 14.3 Å². The molecule has 142 valence electrons. The number of hydrogen-bond donors (Lipinski definition) is 0. The van der Waals surface area contributed by atoms with Crippen LogP contribution >= 0.6 is 0 Å². The topological polar surface area (TPSA) is 80.6 Å². The minimum absolute atomic E-state index is 0.0186. The number of rotatable bonds is 3. The first-order valence-electron chi connectivity index (χ1n) is 9.21. The van der Waals surface area contributed by atoms with Crippen molar-refractivity contribution in [2.24, 2.45) is 0 Å². The van der Waals surface area contributed by atoms with Crippen LogP contribution in [0.3, 0.4) is 0 Å². The number of methoxy groups -OCH3 is 1. The first-order chi connectivity index (χ1) is 13.1. The summed E-state index contributed by atoms with van der Waals surface area (Å²) in [7, 11) is 1.59. The van der Waals surface area contributed by atoms with E-state index in [1.54, 1.807) is 25.0 Å². The third-order valence-corrected chi connectivity index (χ3v) is 5.36. The number of ether oxygens (including phenoxy) is 1. The normalized spacial score (nSPS) is 19.1. The van der Waals surface area contributed by atoms with E-state index in [1.807, 2.05) is 23.1 Å². The summed E-state index contributed by atoms with van der Waals surface area (Å²) in [6.45, 7) is 4.04. The lowest BCUT2D eigenvalue weighted by Gasteiger charge is -2.29. The largest absolute Gasteiger partial charge is 0.497 e. The standard InChI is InChI=1S/C19H23N5O3/c1-13(25)22-9-10-24-17(12-22)20-21-18(24)16-7-4-8-23(16)19(26)14-5-3-6-15(11-14)27-2/h3,5-6,11,16H,4,7-10,12H2,1-2H3/t16-/m0/s1. The van der Waals surface area contributed by atoms with Gasteiger partial charge in [-0.05, 0) is 31.0 Å². The number of hydrogen-bond acceptors (Lipinski definition) is 5. The second-order valence-electron chi connectivity index (χ2n) is 6.96. The Labute approximate surface area is 157 Å². The molecule has 2 aliphatic heterocycles. The van der Waals surface area contributed by atoms with Gasteiger partial charge in [0.2, 0.25) is 5.91 Å². The first-order valence-corrected chi connectivity index (χ1v) is 9.21. The van der Waals surface area contributed by atoms with E-state index in [1.165, 1.54) is 0 Å². The number of benzene rings is 1. The van der Waals surface area contributed by atoms with Crippen LogP contribution in [0.4, 0.5) is 0 Å². The van der Waals surface area contributed by atoms with Crippen molar-refractivity contribution in [1.82, 2.24) is 24.6 Å². The van der Waals surface area contributed by atoms with Crippen molar-refractivity contribution in [1.29, 1.82) is 0 Å². The van der Waals surface area contributed by atoms with Gasteiger partial charge in [-0.15, -0.1) is 10.2 Å². The zero-order valence-corrected chi connectivity index (χ0v) is 15.6. The fourth-order valence-electron chi connectivity index (χ4n) is 3.90.